The van der Waals surface area contributed by atoms with Crippen LogP contribution in [0.3, 0.4) is 0 Å². The number of anilines is 2. The Labute approximate surface area is 297 Å². The summed E-state index contributed by atoms with van der Waals surface area (Å²) in [6, 6.07) is 10.5. The fraction of sp³-hybridized carbons (Fsp3) is 0.432. The van der Waals surface area contributed by atoms with Crippen LogP contribution in [-0.4, -0.2) is 97.9 Å². The molecule has 264 valence electrons. The van der Waals surface area contributed by atoms with E-state index in [4.69, 9.17) is 0 Å². The third-order valence-electron chi connectivity index (χ3n) is 11.2. The number of carbonyl (C=O) groups excluding carboxylic acids is 2. The second-order valence-electron chi connectivity index (χ2n) is 14.9. The monoisotopic (exact) mass is 711 g/mol. The van der Waals surface area contributed by atoms with Crippen LogP contribution < -0.4 is 10.2 Å². The normalized spacial score (nSPS) is 19.9. The number of benzene rings is 2. The molecule has 1 spiro atoms. The number of likely N-dealkylation sites (tertiary alicyclic amines) is 2. The average Bonchev–Trinajstić information content (AvgIpc) is 3.89. The molecule has 3 aromatic heterocycles. The van der Waals surface area contributed by atoms with E-state index in [9.17, 15) is 9.59 Å². The lowest BCUT2D eigenvalue weighted by molar-refractivity contribution is -0.149. The predicted octanol–water partition coefficient (Wildman–Crippen LogP) is 5.14. The summed E-state index contributed by atoms with van der Waals surface area (Å²) in [5.74, 6) is -0.860. The van der Waals surface area contributed by atoms with Crippen molar-refractivity contribution in [3.63, 3.8) is 0 Å². The van der Waals surface area contributed by atoms with Gasteiger partial charge in [-0.15, -0.1) is 11.3 Å². The van der Waals surface area contributed by atoms with Crippen molar-refractivity contribution in [2.45, 2.75) is 50.4 Å². The molecule has 3 saturated heterocycles. The number of aromatic nitrogens is 5. The molecule has 11 nitrogen and oxygen atoms in total. The van der Waals surface area contributed by atoms with E-state index in [1.807, 2.05) is 42.3 Å². The highest BCUT2D eigenvalue weighted by Gasteiger charge is 2.54. The lowest BCUT2D eigenvalue weighted by atomic mass is 9.72. The maximum Gasteiger partial charge on any atom is 0.257 e. The Balaban J connectivity index is 0.885. The number of nitrogens with one attached hydrogen (secondary N) is 1. The molecule has 9 rings (SSSR count). The van der Waals surface area contributed by atoms with Gasteiger partial charge in [-0.2, -0.15) is 5.10 Å². The topological polar surface area (TPSA) is 104 Å². The quantitative estimate of drug-likeness (QED) is 0.238. The summed E-state index contributed by atoms with van der Waals surface area (Å²) in [4.78, 5) is 41.6. The molecule has 3 fully saturated rings. The van der Waals surface area contributed by atoms with Crippen LogP contribution in [0.2, 0.25) is 0 Å². The van der Waals surface area contributed by atoms with Gasteiger partial charge in [-0.25, -0.2) is 18.7 Å². The van der Waals surface area contributed by atoms with Crippen molar-refractivity contribution in [3.05, 3.63) is 77.7 Å². The maximum absolute atomic E-state index is 16.2. The van der Waals surface area contributed by atoms with Crippen LogP contribution >= 0.6 is 11.3 Å². The van der Waals surface area contributed by atoms with Gasteiger partial charge in [0.05, 0.1) is 18.4 Å². The van der Waals surface area contributed by atoms with E-state index in [0.29, 0.717) is 60.8 Å². The van der Waals surface area contributed by atoms with Crippen LogP contribution in [0.15, 0.2) is 60.5 Å². The van der Waals surface area contributed by atoms with E-state index in [0.717, 1.165) is 49.4 Å². The predicted molar refractivity (Wildman–Crippen MR) is 191 cm³/mol. The molecule has 4 aliphatic heterocycles. The lowest BCUT2D eigenvalue weighted by Crippen LogP contribution is -2.73. The third-order valence-corrected chi connectivity index (χ3v) is 11.9. The number of nitrogens with zero attached hydrogens (tertiary/aromatic N) is 8. The molecule has 5 aromatic rings. The maximum atomic E-state index is 16.2. The van der Waals surface area contributed by atoms with E-state index < -0.39 is 17.5 Å². The molecule has 0 radical (unpaired) electrons. The van der Waals surface area contributed by atoms with Crippen molar-refractivity contribution in [3.8, 4) is 11.1 Å². The summed E-state index contributed by atoms with van der Waals surface area (Å²) in [5.41, 5.74) is 2.65. The van der Waals surface area contributed by atoms with Gasteiger partial charge in [0, 0.05) is 91.3 Å². The number of rotatable bonds is 8. The Morgan fingerprint density at radius 2 is 1.80 bits per heavy atom. The zero-order valence-electron chi connectivity index (χ0n) is 28.4. The molecule has 0 aliphatic carbocycles. The van der Waals surface area contributed by atoms with E-state index in [-0.39, 0.29) is 29.2 Å². The van der Waals surface area contributed by atoms with E-state index in [1.165, 1.54) is 16.0 Å². The Morgan fingerprint density at radius 1 is 1.02 bits per heavy atom. The molecule has 0 bridgehead atoms. The Bertz CT molecular complexity index is 2110. The second kappa shape index (κ2) is 12.2. The van der Waals surface area contributed by atoms with Crippen LogP contribution in [0.4, 0.5) is 19.6 Å². The van der Waals surface area contributed by atoms with Crippen molar-refractivity contribution < 1.29 is 18.4 Å². The van der Waals surface area contributed by atoms with Gasteiger partial charge >= 0.3 is 0 Å². The number of aryl methyl sites for hydroxylation is 1. The number of thiazole rings is 1. The number of halogens is 2. The Morgan fingerprint density at radius 3 is 2.55 bits per heavy atom. The minimum atomic E-state index is -1.38. The molecule has 2 aromatic carbocycles. The molecule has 4 aliphatic rings. The summed E-state index contributed by atoms with van der Waals surface area (Å²) in [6.45, 7) is 5.23. The summed E-state index contributed by atoms with van der Waals surface area (Å²) >= 11 is 1.32. The average molecular weight is 712 g/mol. The van der Waals surface area contributed by atoms with Gasteiger partial charge < -0.3 is 19.3 Å². The first-order valence-corrected chi connectivity index (χ1v) is 18.5. The zero-order chi connectivity index (χ0) is 34.9. The van der Waals surface area contributed by atoms with Gasteiger partial charge in [0.2, 0.25) is 5.91 Å². The number of hydrogen-bond donors (Lipinski definition) is 1. The number of hydrogen-bond acceptors (Lipinski definition) is 8. The second-order valence-corrected chi connectivity index (χ2v) is 15.8. The van der Waals surface area contributed by atoms with Crippen molar-refractivity contribution in [1.82, 2.24) is 34.1 Å². The van der Waals surface area contributed by atoms with Crippen LogP contribution in [0, 0.1) is 11.2 Å². The molecular weight excluding hydrogens is 673 g/mol. The minimum Gasteiger partial charge on any atom is -0.370 e. The highest BCUT2D eigenvalue weighted by molar-refractivity contribution is 7.13. The first-order valence-electron chi connectivity index (χ1n) is 17.6. The molecule has 2 amide bonds. The highest BCUT2D eigenvalue weighted by atomic mass is 32.1. The fourth-order valence-electron chi connectivity index (χ4n) is 8.31. The van der Waals surface area contributed by atoms with E-state index in [2.05, 4.69) is 34.8 Å². The van der Waals surface area contributed by atoms with E-state index in [1.54, 1.807) is 30.2 Å². The summed E-state index contributed by atoms with van der Waals surface area (Å²) < 4.78 is 35.0. The minimum absolute atomic E-state index is 0.0137. The van der Waals surface area contributed by atoms with Crippen LogP contribution in [0.1, 0.15) is 43.1 Å². The van der Waals surface area contributed by atoms with Gasteiger partial charge in [0.25, 0.3) is 5.91 Å². The highest BCUT2D eigenvalue weighted by Crippen LogP contribution is 2.43. The Kier molecular flexibility index (Phi) is 7.73. The molecule has 0 saturated carbocycles. The molecular formula is C37H39F2N9O2S. The third kappa shape index (κ3) is 5.78. The Hall–Kier alpha value is -4.69. The summed E-state index contributed by atoms with van der Waals surface area (Å²) in [7, 11) is 1.99. The van der Waals surface area contributed by atoms with Gasteiger partial charge in [-0.1, -0.05) is 24.3 Å². The van der Waals surface area contributed by atoms with Crippen LogP contribution in [-0.2, 0) is 22.6 Å². The van der Waals surface area contributed by atoms with Crippen LogP contribution in [0.25, 0.3) is 22.0 Å². The van der Waals surface area contributed by atoms with E-state index >= 15 is 8.78 Å². The molecule has 1 N–H and O–H groups in total. The number of fused-ring (bicyclic) bond motifs is 2. The van der Waals surface area contributed by atoms with Crippen molar-refractivity contribution in [2.75, 3.05) is 56.5 Å². The number of imidazole rings is 1. The first kappa shape index (κ1) is 32.2. The van der Waals surface area contributed by atoms with Crippen LogP contribution in [0.5, 0.6) is 0 Å². The molecule has 51 heavy (non-hydrogen) atoms. The summed E-state index contributed by atoms with van der Waals surface area (Å²) in [5, 5.41) is 10.4. The first-order chi connectivity index (χ1) is 24.7. The van der Waals surface area contributed by atoms with Gasteiger partial charge in [-0.05, 0) is 50.4 Å². The molecule has 7 heterocycles. The molecule has 1 atom stereocenters. The number of alkyl halides is 1. The number of amides is 2. The van der Waals surface area contributed by atoms with Gasteiger partial charge in [-0.3, -0.25) is 19.6 Å². The SMILES string of the molecule is CN1CCC(F)(CC(=O)N2CC3(C2)CN(c2ccc(-c4ccc5cn(C(C(=O)Nc6nccs6)c6ncn7c6CCC7)nc5c4F)cc2)C3)CC1. The van der Waals surface area contributed by atoms with Gasteiger partial charge in [0.1, 0.15) is 11.2 Å². The van der Waals surface area contributed by atoms with Crippen molar-refractivity contribution >= 4 is 44.9 Å². The zero-order valence-corrected chi connectivity index (χ0v) is 29.2. The largest absolute Gasteiger partial charge is 0.370 e. The molecule has 1 unspecified atom stereocenters. The van der Waals surface area contributed by atoms with Gasteiger partial charge in [0.15, 0.2) is 17.0 Å². The summed E-state index contributed by atoms with van der Waals surface area (Å²) in [6.07, 6.45) is 7.69. The van der Waals surface area contributed by atoms with Crippen molar-refractivity contribution in [2.24, 2.45) is 5.41 Å². The fourth-order valence-corrected chi connectivity index (χ4v) is 8.84. The number of carbonyl (C=O) groups is 2. The molecule has 14 heteroatoms. The number of piperidine rings is 1. The van der Waals surface area contributed by atoms with Crippen molar-refractivity contribution in [1.29, 1.82) is 0 Å². The smallest absolute Gasteiger partial charge is 0.257 e. The standard InChI is InChI=1S/C37H39F2N9O2S/c1-44-14-10-37(39,11-15-44)17-29(49)47-21-36(22-47)19-46(20-36)26-7-4-24(5-8-26)27-9-6-25-18-48(43-31(25)30(27)38)33(34(50)42-35-40-12-16-51-35)32-28-3-2-13-45(28)23-41-32/h4-9,12,16,18,23,33H,2-3,10-11,13-15,17,19-22H2,1H3,(H,40,42,50). The lowest BCUT2D eigenvalue weighted by Gasteiger charge is -2.61.